The van der Waals surface area contributed by atoms with Crippen LogP contribution in [0.15, 0.2) is 12.7 Å². The number of aliphatic hydroxyl groups excluding tert-OH is 1. The van der Waals surface area contributed by atoms with E-state index < -0.39 is 23.7 Å². The number of hydrogen-bond acceptors (Lipinski definition) is 8. The van der Waals surface area contributed by atoms with Crippen molar-refractivity contribution in [3.8, 4) is 0 Å². The minimum atomic E-state index is -0.770. The van der Waals surface area contributed by atoms with Crippen LogP contribution in [0.5, 0.6) is 0 Å². The summed E-state index contributed by atoms with van der Waals surface area (Å²) in [5.41, 5.74) is 0.649. The molecule has 0 amide bonds. The topological polar surface area (TPSA) is 104 Å². The molecule has 162 valence electrons. The summed E-state index contributed by atoms with van der Waals surface area (Å²) in [7, 11) is 0. The van der Waals surface area contributed by atoms with Crippen LogP contribution in [0.4, 0.5) is 5.82 Å². The standard InChI is InChI=1S/C21H29N5O4/c1-20(2)29-16-14(8-27)28-19(21(16,3)30-20)26-10-24-15-17(22-9-23-18(15)26)25-13-7-11-4-5-12(13)6-11/h9-14,16,19,27H,4-8H2,1-3H3,(H,22,23,25)/t11-,12+,13-,14+,16+,19+,21+/m0/s1. The predicted octanol–water partition coefficient (Wildman–Crippen LogP) is 2.23. The lowest BCUT2D eigenvalue weighted by atomic mass is 9.95. The third-order valence-corrected chi connectivity index (χ3v) is 7.42. The van der Waals surface area contributed by atoms with Crippen molar-refractivity contribution in [2.75, 3.05) is 11.9 Å². The number of aliphatic hydroxyl groups is 1. The minimum absolute atomic E-state index is 0.144. The molecule has 30 heavy (non-hydrogen) atoms. The molecule has 2 aliphatic carbocycles. The SMILES string of the molecule is CC1(C)O[C@@H]2[C@@H](CO)O[C@@H](n3cnc4c(N[C@H]5C[C@H]6CC[C@@H]5C6)ncnc43)[C@]2(C)O1. The highest BCUT2D eigenvalue weighted by molar-refractivity contribution is 5.83. The number of fused-ring (bicyclic) bond motifs is 4. The quantitative estimate of drug-likeness (QED) is 0.784. The van der Waals surface area contributed by atoms with Crippen LogP contribution in [0.25, 0.3) is 11.2 Å². The van der Waals surface area contributed by atoms with Crippen LogP contribution in [0.3, 0.4) is 0 Å². The van der Waals surface area contributed by atoms with Gasteiger partial charge in [-0.1, -0.05) is 6.42 Å². The van der Waals surface area contributed by atoms with Crippen molar-refractivity contribution in [2.45, 2.75) is 82.3 Å². The minimum Gasteiger partial charge on any atom is -0.394 e. The highest BCUT2D eigenvalue weighted by Crippen LogP contribution is 2.51. The van der Waals surface area contributed by atoms with E-state index in [1.807, 2.05) is 25.3 Å². The van der Waals surface area contributed by atoms with Crippen molar-refractivity contribution in [1.29, 1.82) is 0 Å². The molecule has 4 fully saturated rings. The molecule has 9 heteroatoms. The smallest absolute Gasteiger partial charge is 0.168 e. The lowest BCUT2D eigenvalue weighted by Crippen LogP contribution is -2.42. The Labute approximate surface area is 175 Å². The van der Waals surface area contributed by atoms with E-state index in [2.05, 4.69) is 20.3 Å². The summed E-state index contributed by atoms with van der Waals surface area (Å²) in [5, 5.41) is 13.5. The summed E-state index contributed by atoms with van der Waals surface area (Å²) < 4.78 is 20.4. The molecule has 0 radical (unpaired) electrons. The fraction of sp³-hybridized carbons (Fsp3) is 0.762. The van der Waals surface area contributed by atoms with Gasteiger partial charge in [0.1, 0.15) is 24.1 Å². The maximum absolute atomic E-state index is 9.86. The van der Waals surface area contributed by atoms with Gasteiger partial charge in [0.15, 0.2) is 29.0 Å². The van der Waals surface area contributed by atoms with Gasteiger partial charge >= 0.3 is 0 Å². The number of aromatic nitrogens is 4. The van der Waals surface area contributed by atoms with Gasteiger partial charge in [-0.05, 0) is 51.9 Å². The van der Waals surface area contributed by atoms with Crippen molar-refractivity contribution in [2.24, 2.45) is 11.8 Å². The Kier molecular flexibility index (Phi) is 4.01. The molecule has 9 nitrogen and oxygen atoms in total. The van der Waals surface area contributed by atoms with Crippen LogP contribution in [0.2, 0.25) is 0 Å². The van der Waals surface area contributed by atoms with Crippen LogP contribution in [0.1, 0.15) is 52.7 Å². The summed E-state index contributed by atoms with van der Waals surface area (Å²) in [4.78, 5) is 13.6. The zero-order valence-corrected chi connectivity index (χ0v) is 17.6. The largest absolute Gasteiger partial charge is 0.394 e. The second-order valence-electron chi connectivity index (χ2n) is 9.91. The van der Waals surface area contributed by atoms with Crippen molar-refractivity contribution >= 4 is 17.0 Å². The van der Waals surface area contributed by atoms with E-state index in [1.165, 1.54) is 25.7 Å². The lowest BCUT2D eigenvalue weighted by Gasteiger charge is -2.30. The Balaban J connectivity index is 1.35. The molecule has 4 heterocycles. The normalized spacial score (nSPS) is 41.6. The van der Waals surface area contributed by atoms with E-state index in [-0.39, 0.29) is 12.7 Å². The number of hydrogen-bond donors (Lipinski definition) is 2. The van der Waals surface area contributed by atoms with E-state index in [1.54, 1.807) is 12.7 Å². The van der Waals surface area contributed by atoms with Gasteiger partial charge in [0, 0.05) is 6.04 Å². The Morgan fingerprint density at radius 1 is 1.20 bits per heavy atom. The zero-order chi connectivity index (χ0) is 20.7. The number of imidazole rings is 1. The third kappa shape index (κ3) is 2.65. The average Bonchev–Trinajstić information content (AvgIpc) is 3.48. The molecule has 7 atom stereocenters. The van der Waals surface area contributed by atoms with Gasteiger partial charge in [0.25, 0.3) is 0 Å². The second kappa shape index (κ2) is 6.35. The molecule has 0 unspecified atom stereocenters. The molecule has 2 N–H and O–H groups in total. The maximum atomic E-state index is 9.86. The van der Waals surface area contributed by atoms with Gasteiger partial charge in [-0.15, -0.1) is 0 Å². The van der Waals surface area contributed by atoms with Crippen molar-refractivity contribution in [3.63, 3.8) is 0 Å². The number of ether oxygens (including phenoxy) is 3. The van der Waals surface area contributed by atoms with E-state index in [9.17, 15) is 5.11 Å². The first-order valence-corrected chi connectivity index (χ1v) is 11.0. The molecular weight excluding hydrogens is 386 g/mol. The Morgan fingerprint density at radius 2 is 2.07 bits per heavy atom. The van der Waals surface area contributed by atoms with E-state index >= 15 is 0 Å². The first-order valence-electron chi connectivity index (χ1n) is 11.0. The molecule has 2 saturated carbocycles. The van der Waals surface area contributed by atoms with Gasteiger partial charge in [-0.25, -0.2) is 15.0 Å². The lowest BCUT2D eigenvalue weighted by molar-refractivity contribution is -0.217. The summed E-state index contributed by atoms with van der Waals surface area (Å²) in [6, 6.07) is 0.461. The summed E-state index contributed by atoms with van der Waals surface area (Å²) in [5.74, 6) is 1.61. The zero-order valence-electron chi connectivity index (χ0n) is 17.6. The number of rotatable bonds is 4. The van der Waals surface area contributed by atoms with Crippen molar-refractivity contribution in [3.05, 3.63) is 12.7 Å². The molecule has 2 bridgehead atoms. The van der Waals surface area contributed by atoms with Crippen LogP contribution in [-0.2, 0) is 14.2 Å². The molecule has 2 aromatic rings. The first-order chi connectivity index (χ1) is 14.4. The monoisotopic (exact) mass is 415 g/mol. The van der Waals surface area contributed by atoms with E-state index in [4.69, 9.17) is 14.2 Å². The predicted molar refractivity (Wildman–Crippen MR) is 108 cm³/mol. The molecule has 4 aliphatic rings. The Bertz CT molecular complexity index is 979. The van der Waals surface area contributed by atoms with E-state index in [0.29, 0.717) is 11.7 Å². The molecule has 0 spiro atoms. The molecule has 0 aromatic carbocycles. The molecule has 6 rings (SSSR count). The molecule has 2 saturated heterocycles. The fourth-order valence-electron chi connectivity index (χ4n) is 6.25. The average molecular weight is 415 g/mol. The maximum Gasteiger partial charge on any atom is 0.168 e. The van der Waals surface area contributed by atoms with Crippen LogP contribution in [0, 0.1) is 11.8 Å². The van der Waals surface area contributed by atoms with Gasteiger partial charge < -0.3 is 24.6 Å². The Morgan fingerprint density at radius 3 is 2.80 bits per heavy atom. The highest BCUT2D eigenvalue weighted by Gasteiger charge is 2.64. The van der Waals surface area contributed by atoms with Gasteiger partial charge in [0.05, 0.1) is 12.9 Å². The number of nitrogens with one attached hydrogen (secondary N) is 1. The van der Waals surface area contributed by atoms with E-state index in [0.717, 1.165) is 23.2 Å². The van der Waals surface area contributed by atoms with Crippen molar-refractivity contribution < 1.29 is 19.3 Å². The second-order valence-corrected chi connectivity index (χ2v) is 9.91. The van der Waals surface area contributed by atoms with Crippen LogP contribution < -0.4 is 5.32 Å². The van der Waals surface area contributed by atoms with Crippen LogP contribution in [-0.4, -0.2) is 60.9 Å². The third-order valence-electron chi connectivity index (χ3n) is 7.42. The molecular formula is C21H29N5O4. The van der Waals surface area contributed by atoms with Gasteiger partial charge in [0.2, 0.25) is 0 Å². The number of anilines is 1. The van der Waals surface area contributed by atoms with Crippen molar-refractivity contribution in [1.82, 2.24) is 19.5 Å². The van der Waals surface area contributed by atoms with Gasteiger partial charge in [-0.2, -0.15) is 0 Å². The molecule has 2 aliphatic heterocycles. The highest BCUT2D eigenvalue weighted by atomic mass is 16.8. The summed E-state index contributed by atoms with van der Waals surface area (Å²) >= 11 is 0. The summed E-state index contributed by atoms with van der Waals surface area (Å²) in [6.45, 7) is 5.59. The Hall–Kier alpha value is -1.81. The summed E-state index contributed by atoms with van der Waals surface area (Å²) in [6.07, 6.45) is 7.12. The fourth-order valence-corrected chi connectivity index (χ4v) is 6.25. The first kappa shape index (κ1) is 18.9. The van der Waals surface area contributed by atoms with Crippen LogP contribution >= 0.6 is 0 Å². The number of nitrogens with zero attached hydrogens (tertiary/aromatic N) is 4. The van der Waals surface area contributed by atoms with Gasteiger partial charge in [-0.3, -0.25) is 4.57 Å². The molecule has 2 aromatic heterocycles.